The molecular formula is C28H46O2. The zero-order valence-electron chi connectivity index (χ0n) is 20.1. The molecule has 30 heavy (non-hydrogen) atoms. The van der Waals surface area contributed by atoms with Crippen LogP contribution in [0.3, 0.4) is 0 Å². The van der Waals surface area contributed by atoms with Crippen molar-refractivity contribution in [2.24, 2.45) is 52.3 Å². The third kappa shape index (κ3) is 3.54. The average Bonchev–Trinajstić information content (AvgIpc) is 3.08. The first-order chi connectivity index (χ1) is 14.2. The van der Waals surface area contributed by atoms with Crippen molar-refractivity contribution in [3.05, 3.63) is 23.8 Å². The summed E-state index contributed by atoms with van der Waals surface area (Å²) in [5.74, 6) is 4.97. The third-order valence-electron chi connectivity index (χ3n) is 10.6. The van der Waals surface area contributed by atoms with Crippen molar-refractivity contribution in [1.29, 1.82) is 0 Å². The van der Waals surface area contributed by atoms with E-state index in [-0.39, 0.29) is 18.1 Å². The minimum absolute atomic E-state index is 0.0280. The zero-order valence-corrected chi connectivity index (χ0v) is 20.1. The van der Waals surface area contributed by atoms with Gasteiger partial charge in [-0.3, -0.25) is 0 Å². The molecule has 2 heteroatoms. The van der Waals surface area contributed by atoms with E-state index >= 15 is 0 Å². The first-order valence-corrected chi connectivity index (χ1v) is 12.9. The van der Waals surface area contributed by atoms with Gasteiger partial charge in [-0.15, -0.1) is 0 Å². The minimum atomic E-state index is -0.196. The van der Waals surface area contributed by atoms with Crippen molar-refractivity contribution in [3.8, 4) is 0 Å². The SMILES string of the molecule is CC(C)[C@H](C)C=C[C@@H](C)[C@H]1CC[C@H]2[C@@H]3CC=C4C[C@@H](O)CC[C@]4(CO)[C@H]3CC[C@]12C. The fraction of sp³-hybridized carbons (Fsp3) is 0.857. The van der Waals surface area contributed by atoms with E-state index in [1.807, 2.05) is 0 Å². The van der Waals surface area contributed by atoms with Crippen LogP contribution in [0.1, 0.15) is 86.0 Å². The molecule has 0 aromatic heterocycles. The van der Waals surface area contributed by atoms with Crippen LogP contribution in [0.4, 0.5) is 0 Å². The number of fused-ring (bicyclic) bond motifs is 5. The average molecular weight is 415 g/mol. The third-order valence-corrected chi connectivity index (χ3v) is 10.6. The molecule has 0 bridgehead atoms. The number of rotatable bonds is 5. The van der Waals surface area contributed by atoms with Crippen molar-refractivity contribution in [2.75, 3.05) is 6.61 Å². The summed E-state index contributed by atoms with van der Waals surface area (Å²) >= 11 is 0. The van der Waals surface area contributed by atoms with Gasteiger partial charge in [0.15, 0.2) is 0 Å². The van der Waals surface area contributed by atoms with E-state index in [0.29, 0.717) is 29.1 Å². The van der Waals surface area contributed by atoms with Gasteiger partial charge in [0.2, 0.25) is 0 Å². The van der Waals surface area contributed by atoms with E-state index < -0.39 is 0 Å². The topological polar surface area (TPSA) is 40.5 Å². The summed E-state index contributed by atoms with van der Waals surface area (Å²) in [7, 11) is 0. The van der Waals surface area contributed by atoms with Crippen LogP contribution in [0.25, 0.3) is 0 Å². The van der Waals surface area contributed by atoms with E-state index in [4.69, 9.17) is 0 Å². The van der Waals surface area contributed by atoms with Gasteiger partial charge < -0.3 is 10.2 Å². The Morgan fingerprint density at radius 2 is 1.80 bits per heavy atom. The molecule has 2 N–H and O–H groups in total. The van der Waals surface area contributed by atoms with E-state index in [1.54, 1.807) is 0 Å². The highest BCUT2D eigenvalue weighted by Crippen LogP contribution is 2.67. The Hall–Kier alpha value is -0.600. The number of aliphatic hydroxyl groups is 2. The Kier molecular flexibility index (Phi) is 6.32. The first-order valence-electron chi connectivity index (χ1n) is 12.9. The largest absolute Gasteiger partial charge is 0.395 e. The van der Waals surface area contributed by atoms with Crippen LogP contribution in [0.2, 0.25) is 0 Å². The Morgan fingerprint density at radius 3 is 2.50 bits per heavy atom. The Morgan fingerprint density at radius 1 is 1.03 bits per heavy atom. The monoisotopic (exact) mass is 414 g/mol. The van der Waals surface area contributed by atoms with Gasteiger partial charge in [-0.25, -0.2) is 0 Å². The molecular weight excluding hydrogens is 368 g/mol. The highest BCUT2D eigenvalue weighted by molar-refractivity contribution is 5.26. The summed E-state index contributed by atoms with van der Waals surface area (Å²) in [6, 6.07) is 0. The maximum absolute atomic E-state index is 10.6. The van der Waals surface area contributed by atoms with Crippen LogP contribution in [0.15, 0.2) is 23.8 Å². The molecule has 0 saturated heterocycles. The number of allylic oxidation sites excluding steroid dienone is 3. The molecule has 170 valence electrons. The van der Waals surface area contributed by atoms with Crippen LogP contribution in [0, 0.1) is 52.3 Å². The van der Waals surface area contributed by atoms with Gasteiger partial charge in [-0.1, -0.05) is 58.4 Å². The first kappa shape index (κ1) is 22.6. The summed E-state index contributed by atoms with van der Waals surface area (Å²) in [4.78, 5) is 0. The van der Waals surface area contributed by atoms with Crippen LogP contribution >= 0.6 is 0 Å². The van der Waals surface area contributed by atoms with Gasteiger partial charge in [-0.05, 0) is 98.2 Å². The summed E-state index contributed by atoms with van der Waals surface area (Å²) < 4.78 is 0. The highest BCUT2D eigenvalue weighted by Gasteiger charge is 2.60. The number of hydrogen-bond acceptors (Lipinski definition) is 2. The second kappa shape index (κ2) is 8.39. The lowest BCUT2D eigenvalue weighted by atomic mass is 9.46. The summed E-state index contributed by atoms with van der Waals surface area (Å²) in [6.45, 7) is 12.3. The summed E-state index contributed by atoms with van der Waals surface area (Å²) in [5.41, 5.74) is 1.81. The minimum Gasteiger partial charge on any atom is -0.395 e. The molecule has 0 spiro atoms. The normalized spacial score (nSPS) is 45.6. The van der Waals surface area contributed by atoms with Crippen molar-refractivity contribution < 1.29 is 10.2 Å². The molecule has 3 saturated carbocycles. The zero-order chi connectivity index (χ0) is 21.7. The summed E-state index contributed by atoms with van der Waals surface area (Å²) in [6.07, 6.45) is 16.4. The lowest BCUT2D eigenvalue weighted by molar-refractivity contribution is -0.0774. The molecule has 2 nitrogen and oxygen atoms in total. The van der Waals surface area contributed by atoms with Gasteiger partial charge in [0.05, 0.1) is 12.7 Å². The van der Waals surface area contributed by atoms with Crippen molar-refractivity contribution in [1.82, 2.24) is 0 Å². The molecule has 0 aliphatic heterocycles. The predicted molar refractivity (Wildman–Crippen MR) is 125 cm³/mol. The maximum Gasteiger partial charge on any atom is 0.0577 e. The van der Waals surface area contributed by atoms with E-state index in [9.17, 15) is 10.2 Å². The van der Waals surface area contributed by atoms with Crippen LogP contribution in [-0.4, -0.2) is 22.9 Å². The van der Waals surface area contributed by atoms with Crippen LogP contribution in [0.5, 0.6) is 0 Å². The Labute approximate surface area is 185 Å². The van der Waals surface area contributed by atoms with Gasteiger partial charge in [0.1, 0.15) is 0 Å². The van der Waals surface area contributed by atoms with Crippen molar-refractivity contribution in [3.63, 3.8) is 0 Å². The van der Waals surface area contributed by atoms with Gasteiger partial charge in [0, 0.05) is 5.41 Å². The molecule has 4 rings (SSSR count). The summed E-state index contributed by atoms with van der Waals surface area (Å²) in [5, 5.41) is 20.8. The number of hydrogen-bond donors (Lipinski definition) is 2. The van der Waals surface area contributed by atoms with Crippen molar-refractivity contribution >= 4 is 0 Å². The van der Waals surface area contributed by atoms with E-state index in [2.05, 4.69) is 52.8 Å². The molecule has 3 fully saturated rings. The van der Waals surface area contributed by atoms with Crippen LogP contribution in [-0.2, 0) is 0 Å². The molecule has 4 aliphatic carbocycles. The van der Waals surface area contributed by atoms with Gasteiger partial charge >= 0.3 is 0 Å². The smallest absolute Gasteiger partial charge is 0.0577 e. The molecule has 0 heterocycles. The maximum atomic E-state index is 10.6. The predicted octanol–water partition coefficient (Wildman–Crippen LogP) is 6.38. The molecule has 9 atom stereocenters. The lowest BCUT2D eigenvalue weighted by Gasteiger charge is -2.58. The van der Waals surface area contributed by atoms with Crippen LogP contribution < -0.4 is 0 Å². The Balaban J connectivity index is 1.55. The van der Waals surface area contributed by atoms with E-state index in [0.717, 1.165) is 37.0 Å². The molecule has 0 unspecified atom stereocenters. The fourth-order valence-corrected chi connectivity index (χ4v) is 8.34. The molecule has 0 amide bonds. The molecule has 0 aromatic carbocycles. The van der Waals surface area contributed by atoms with Gasteiger partial charge in [0.25, 0.3) is 0 Å². The quantitative estimate of drug-likeness (QED) is 0.512. The standard InChI is InChI=1S/C28H46O2/c1-18(2)19(3)6-7-20(4)24-10-11-25-23-9-8-21-16-22(30)12-15-28(21,17-29)26(23)13-14-27(24,25)5/h6-8,18-20,22-26,29-30H,9-17H2,1-5H3/t19-,20-,22+,23+,24-,25+,26+,27-,28-/m1/s1. The van der Waals surface area contributed by atoms with Crippen molar-refractivity contribution in [2.45, 2.75) is 92.1 Å². The highest BCUT2D eigenvalue weighted by atomic mass is 16.3. The molecule has 4 aliphatic rings. The second-order valence-electron chi connectivity index (χ2n) is 12.1. The Bertz CT molecular complexity index is 678. The fourth-order valence-electron chi connectivity index (χ4n) is 8.34. The second-order valence-corrected chi connectivity index (χ2v) is 12.1. The lowest BCUT2D eigenvalue weighted by Crippen LogP contribution is -2.53. The molecule has 0 radical (unpaired) electrons. The van der Waals surface area contributed by atoms with Gasteiger partial charge in [-0.2, -0.15) is 0 Å². The molecule has 0 aromatic rings. The van der Waals surface area contributed by atoms with E-state index in [1.165, 1.54) is 37.7 Å². The number of aliphatic hydroxyl groups excluding tert-OH is 2.